The van der Waals surface area contributed by atoms with Crippen LogP contribution in [0.4, 0.5) is 0 Å². The quantitative estimate of drug-likeness (QED) is 0.685. The second-order valence-corrected chi connectivity index (χ2v) is 3.63. The van der Waals surface area contributed by atoms with Crippen LogP contribution in [0.1, 0.15) is 18.7 Å². The molecule has 14 heavy (non-hydrogen) atoms. The lowest BCUT2D eigenvalue weighted by molar-refractivity contribution is -0.148. The van der Waals surface area contributed by atoms with Crippen molar-refractivity contribution in [1.82, 2.24) is 9.97 Å². The zero-order valence-electron chi connectivity index (χ0n) is 7.55. The van der Waals surface area contributed by atoms with Crippen molar-refractivity contribution in [1.29, 1.82) is 0 Å². The van der Waals surface area contributed by atoms with Gasteiger partial charge in [0.2, 0.25) is 0 Å². The molecular weight excluding hydrogens is 182 g/mol. The van der Waals surface area contributed by atoms with Crippen molar-refractivity contribution in [2.75, 3.05) is 0 Å². The summed E-state index contributed by atoms with van der Waals surface area (Å²) in [4.78, 5) is 19.1. The molecule has 0 bridgehead atoms. The number of carboxylic acids is 1. The van der Waals surface area contributed by atoms with Gasteiger partial charge in [0.05, 0.1) is 0 Å². The van der Waals surface area contributed by atoms with Crippen LogP contribution in [0.15, 0.2) is 18.5 Å². The zero-order chi connectivity index (χ0) is 10.2. The van der Waals surface area contributed by atoms with Gasteiger partial charge < -0.3 is 10.8 Å². The number of nitrogens with zero attached hydrogens (tertiary/aromatic N) is 2. The van der Waals surface area contributed by atoms with Crippen molar-refractivity contribution in [3.8, 4) is 0 Å². The Bertz CT molecular complexity index is 346. The van der Waals surface area contributed by atoms with E-state index in [1.165, 1.54) is 0 Å². The van der Waals surface area contributed by atoms with Crippen LogP contribution in [-0.2, 0) is 10.2 Å². The molecule has 5 heteroatoms. The Hall–Kier alpha value is -1.49. The van der Waals surface area contributed by atoms with E-state index in [9.17, 15) is 4.79 Å². The number of nitrogens with two attached hydrogens (primary N) is 1. The number of aliphatic carboxylic acids is 1. The molecule has 0 spiro atoms. The molecule has 0 radical (unpaired) electrons. The Morgan fingerprint density at radius 3 is 2.50 bits per heavy atom. The summed E-state index contributed by atoms with van der Waals surface area (Å²) in [6.45, 7) is 0. The lowest BCUT2D eigenvalue weighted by Crippen LogP contribution is -2.55. The van der Waals surface area contributed by atoms with E-state index in [4.69, 9.17) is 10.8 Å². The predicted octanol–water partition coefficient (Wildman–Crippen LogP) is -0.0799. The second-order valence-electron chi connectivity index (χ2n) is 3.63. The Morgan fingerprint density at radius 2 is 2.07 bits per heavy atom. The van der Waals surface area contributed by atoms with E-state index in [2.05, 4.69) is 9.97 Å². The number of carboxylic acid groups (broad SMARTS) is 1. The minimum atomic E-state index is -0.944. The smallest absolute Gasteiger partial charge is 0.317 e. The molecule has 1 aromatic rings. The highest BCUT2D eigenvalue weighted by atomic mass is 16.4. The van der Waals surface area contributed by atoms with Crippen LogP contribution in [-0.4, -0.2) is 27.1 Å². The van der Waals surface area contributed by atoms with E-state index < -0.39 is 11.4 Å². The fourth-order valence-corrected chi connectivity index (χ4v) is 1.83. The lowest BCUT2D eigenvalue weighted by Gasteiger charge is -2.40. The summed E-state index contributed by atoms with van der Waals surface area (Å²) >= 11 is 0. The van der Waals surface area contributed by atoms with Crippen LogP contribution in [0, 0.1) is 0 Å². The molecule has 3 N–H and O–H groups in total. The first-order chi connectivity index (χ1) is 6.65. The van der Waals surface area contributed by atoms with Crippen LogP contribution < -0.4 is 5.73 Å². The van der Waals surface area contributed by atoms with Gasteiger partial charge in [0, 0.05) is 18.4 Å². The maximum atomic E-state index is 11.1. The van der Waals surface area contributed by atoms with Crippen LogP contribution in [0.2, 0.25) is 0 Å². The number of aromatic nitrogens is 2. The Labute approximate surface area is 81.0 Å². The summed E-state index contributed by atoms with van der Waals surface area (Å²) in [5.74, 6) is -0.514. The van der Waals surface area contributed by atoms with E-state index in [1.807, 2.05) is 0 Å². The third-order valence-electron chi connectivity index (χ3n) is 2.62. The van der Waals surface area contributed by atoms with Gasteiger partial charge in [0.1, 0.15) is 11.2 Å². The summed E-state index contributed by atoms with van der Waals surface area (Å²) < 4.78 is 0. The molecule has 74 valence electrons. The average molecular weight is 193 g/mol. The van der Waals surface area contributed by atoms with Crippen molar-refractivity contribution in [3.63, 3.8) is 0 Å². The second kappa shape index (κ2) is 3.02. The lowest BCUT2D eigenvalue weighted by atomic mass is 9.65. The van der Waals surface area contributed by atoms with E-state index in [1.54, 1.807) is 18.5 Å². The first-order valence-corrected chi connectivity index (χ1v) is 4.41. The van der Waals surface area contributed by atoms with Crippen molar-refractivity contribution < 1.29 is 9.90 Å². The van der Waals surface area contributed by atoms with Crippen molar-refractivity contribution in [3.05, 3.63) is 24.3 Å². The molecule has 0 aliphatic heterocycles. The Balaban J connectivity index is 2.34. The van der Waals surface area contributed by atoms with E-state index in [0.29, 0.717) is 18.7 Å². The molecule has 1 aliphatic rings. The first-order valence-electron chi connectivity index (χ1n) is 4.41. The molecule has 1 heterocycles. The predicted molar refractivity (Wildman–Crippen MR) is 48.6 cm³/mol. The zero-order valence-corrected chi connectivity index (χ0v) is 7.55. The number of hydrogen-bond acceptors (Lipinski definition) is 4. The van der Waals surface area contributed by atoms with Gasteiger partial charge in [-0.1, -0.05) is 0 Å². The molecule has 1 fully saturated rings. The SMILES string of the molecule is NC1CC(C(=O)O)(c2ncccn2)C1. The maximum Gasteiger partial charge on any atom is 0.317 e. The van der Waals surface area contributed by atoms with Crippen molar-refractivity contribution in [2.24, 2.45) is 5.73 Å². The standard InChI is InChI=1S/C9H11N3O2/c10-6-4-9(5-6,8(13)14)7-11-2-1-3-12-7/h1-3,6H,4-5,10H2,(H,13,14). The number of hydrogen-bond donors (Lipinski definition) is 2. The van der Waals surface area contributed by atoms with Crippen LogP contribution >= 0.6 is 0 Å². The van der Waals surface area contributed by atoms with Crippen LogP contribution in [0.5, 0.6) is 0 Å². The van der Waals surface area contributed by atoms with E-state index >= 15 is 0 Å². The third-order valence-corrected chi connectivity index (χ3v) is 2.62. The molecule has 0 atom stereocenters. The molecule has 1 aliphatic carbocycles. The first kappa shape index (κ1) is 9.08. The van der Waals surface area contributed by atoms with Crippen molar-refractivity contribution in [2.45, 2.75) is 24.3 Å². The van der Waals surface area contributed by atoms with Gasteiger partial charge in [-0.05, 0) is 18.9 Å². The largest absolute Gasteiger partial charge is 0.480 e. The minimum absolute atomic E-state index is 0.0464. The summed E-state index contributed by atoms with van der Waals surface area (Å²) in [6, 6.07) is 1.62. The summed E-state index contributed by atoms with van der Waals surface area (Å²) in [5.41, 5.74) is 4.67. The summed E-state index contributed by atoms with van der Waals surface area (Å²) in [5, 5.41) is 9.12. The minimum Gasteiger partial charge on any atom is -0.480 e. The topological polar surface area (TPSA) is 89.1 Å². The van der Waals surface area contributed by atoms with Gasteiger partial charge in [0.15, 0.2) is 0 Å². The molecule has 1 aromatic heterocycles. The molecule has 0 unspecified atom stereocenters. The molecule has 2 rings (SSSR count). The van der Waals surface area contributed by atoms with Crippen molar-refractivity contribution >= 4 is 5.97 Å². The van der Waals surface area contributed by atoms with E-state index in [-0.39, 0.29) is 6.04 Å². The highest BCUT2D eigenvalue weighted by Crippen LogP contribution is 2.41. The third kappa shape index (κ3) is 1.17. The maximum absolute atomic E-state index is 11.1. The summed E-state index contributed by atoms with van der Waals surface area (Å²) in [7, 11) is 0. The van der Waals surface area contributed by atoms with Gasteiger partial charge in [-0.3, -0.25) is 4.79 Å². The molecule has 1 saturated carbocycles. The molecule has 0 aromatic carbocycles. The van der Waals surface area contributed by atoms with Crippen LogP contribution in [0.25, 0.3) is 0 Å². The van der Waals surface area contributed by atoms with Gasteiger partial charge in [0.25, 0.3) is 0 Å². The number of carbonyl (C=O) groups is 1. The number of rotatable bonds is 2. The fraction of sp³-hybridized carbons (Fsp3) is 0.444. The molecule has 0 amide bonds. The van der Waals surface area contributed by atoms with E-state index in [0.717, 1.165) is 0 Å². The monoisotopic (exact) mass is 193 g/mol. The fourth-order valence-electron chi connectivity index (χ4n) is 1.83. The van der Waals surface area contributed by atoms with Gasteiger partial charge >= 0.3 is 5.97 Å². The highest BCUT2D eigenvalue weighted by molar-refractivity contribution is 5.81. The molecule has 0 saturated heterocycles. The van der Waals surface area contributed by atoms with Gasteiger partial charge in [-0.15, -0.1) is 0 Å². The van der Waals surface area contributed by atoms with Crippen LogP contribution in [0.3, 0.4) is 0 Å². The molecular formula is C9H11N3O2. The van der Waals surface area contributed by atoms with Gasteiger partial charge in [-0.2, -0.15) is 0 Å². The molecule has 5 nitrogen and oxygen atoms in total. The Kier molecular flexibility index (Phi) is 1.96. The normalized spacial score (nSPS) is 30.8. The highest BCUT2D eigenvalue weighted by Gasteiger charge is 2.52. The Morgan fingerprint density at radius 1 is 1.50 bits per heavy atom. The average Bonchev–Trinajstić information content (AvgIpc) is 2.13. The summed E-state index contributed by atoms with van der Waals surface area (Å²) in [6.07, 6.45) is 3.95. The van der Waals surface area contributed by atoms with Gasteiger partial charge in [-0.25, -0.2) is 9.97 Å².